The van der Waals surface area contributed by atoms with E-state index in [0.717, 1.165) is 58.4 Å². The minimum atomic E-state index is -0.211. The first-order chi connectivity index (χ1) is 17.2. The van der Waals surface area contributed by atoms with Crippen molar-refractivity contribution in [2.45, 2.75) is 24.8 Å². The molecule has 7 nitrogen and oxygen atoms in total. The highest BCUT2D eigenvalue weighted by atomic mass is 15.2. The highest BCUT2D eigenvalue weighted by molar-refractivity contribution is 5.89. The average molecular weight is 458 g/mol. The largest absolute Gasteiger partial charge is 0.338 e. The number of rotatable bonds is 3. The molecule has 0 spiro atoms. The smallest absolute Gasteiger partial charge is 0.180 e. The van der Waals surface area contributed by atoms with Crippen LogP contribution in [0.1, 0.15) is 24.8 Å². The highest BCUT2D eigenvalue weighted by Gasteiger charge is 2.34. The van der Waals surface area contributed by atoms with E-state index in [1.54, 1.807) is 18.6 Å². The topological polar surface area (TPSA) is 94.5 Å². The number of benzene rings is 2. The van der Waals surface area contributed by atoms with E-state index in [4.69, 9.17) is 10.7 Å². The zero-order valence-corrected chi connectivity index (χ0v) is 19.0. The number of nitrogens with zero attached hydrogens (tertiary/aromatic N) is 5. The molecule has 0 saturated heterocycles. The minimum absolute atomic E-state index is 0.211. The number of hydrogen-bond acceptors (Lipinski definition) is 6. The number of nitrogens with one attached hydrogen (secondary N) is 1. The summed E-state index contributed by atoms with van der Waals surface area (Å²) in [4.78, 5) is 18.9. The van der Waals surface area contributed by atoms with E-state index in [-0.39, 0.29) is 5.54 Å². The van der Waals surface area contributed by atoms with Crippen molar-refractivity contribution < 1.29 is 0 Å². The van der Waals surface area contributed by atoms with E-state index in [2.05, 4.69) is 61.2 Å². The van der Waals surface area contributed by atoms with Gasteiger partial charge in [0.2, 0.25) is 0 Å². The van der Waals surface area contributed by atoms with E-state index in [0.29, 0.717) is 5.82 Å². The van der Waals surface area contributed by atoms with Gasteiger partial charge in [0, 0.05) is 35.3 Å². The van der Waals surface area contributed by atoms with Crippen LogP contribution >= 0.6 is 0 Å². The Balaban J connectivity index is 1.53. The van der Waals surface area contributed by atoms with E-state index < -0.39 is 0 Å². The van der Waals surface area contributed by atoms with Crippen LogP contribution in [0.3, 0.4) is 0 Å². The van der Waals surface area contributed by atoms with Crippen molar-refractivity contribution in [3.8, 4) is 39.9 Å². The van der Waals surface area contributed by atoms with Crippen molar-refractivity contribution in [3.05, 3.63) is 90.9 Å². The van der Waals surface area contributed by atoms with Gasteiger partial charge in [-0.2, -0.15) is 0 Å². The molecular formula is C28H23N7. The summed E-state index contributed by atoms with van der Waals surface area (Å²) in [6.45, 7) is 0. The summed E-state index contributed by atoms with van der Waals surface area (Å²) >= 11 is 0. The van der Waals surface area contributed by atoms with Gasteiger partial charge in [-0.25, -0.2) is 19.9 Å². The molecule has 7 rings (SSSR count). The quantitative estimate of drug-likeness (QED) is 0.367. The lowest BCUT2D eigenvalue weighted by molar-refractivity contribution is 0.253. The molecule has 3 aromatic heterocycles. The van der Waals surface area contributed by atoms with Gasteiger partial charge in [0.15, 0.2) is 11.6 Å². The lowest BCUT2D eigenvalue weighted by Gasteiger charge is -2.38. The number of imidazole rings is 1. The van der Waals surface area contributed by atoms with Crippen LogP contribution in [-0.4, -0.2) is 24.5 Å². The zero-order chi connectivity index (χ0) is 23.4. The molecular weight excluding hydrogens is 434 g/mol. The Morgan fingerprint density at radius 3 is 2.37 bits per heavy atom. The molecule has 0 amide bonds. The maximum atomic E-state index is 6.61. The first-order valence-corrected chi connectivity index (χ1v) is 11.8. The lowest BCUT2D eigenvalue weighted by atomic mass is 9.72. The van der Waals surface area contributed by atoms with Gasteiger partial charge in [-0.3, -0.25) is 4.57 Å². The first kappa shape index (κ1) is 20.1. The van der Waals surface area contributed by atoms with Crippen LogP contribution in [-0.2, 0) is 5.54 Å². The molecule has 0 atom stereocenters. The van der Waals surface area contributed by atoms with Crippen LogP contribution in [0.2, 0.25) is 0 Å². The summed E-state index contributed by atoms with van der Waals surface area (Å²) in [5.74, 6) is 2.16. The Hall–Kier alpha value is -4.36. The minimum Gasteiger partial charge on any atom is -0.338 e. The third-order valence-electron chi connectivity index (χ3n) is 7.08. The normalized spacial score (nSPS) is 15.1. The van der Waals surface area contributed by atoms with Crippen LogP contribution in [0, 0.1) is 0 Å². The van der Waals surface area contributed by atoms with Crippen LogP contribution in [0.15, 0.2) is 85.3 Å². The van der Waals surface area contributed by atoms with Crippen molar-refractivity contribution in [2.24, 2.45) is 5.73 Å². The molecule has 2 aliphatic rings. The van der Waals surface area contributed by atoms with E-state index >= 15 is 0 Å². The Bertz CT molecular complexity index is 1550. The number of anilines is 2. The molecule has 1 aliphatic heterocycles. The van der Waals surface area contributed by atoms with E-state index in [1.807, 2.05) is 30.3 Å². The number of hydrogen-bond donors (Lipinski definition) is 2. The van der Waals surface area contributed by atoms with Crippen molar-refractivity contribution in [1.82, 2.24) is 24.5 Å². The zero-order valence-electron chi connectivity index (χ0n) is 19.0. The van der Waals surface area contributed by atoms with Gasteiger partial charge in [0.05, 0.1) is 17.1 Å². The Kier molecular flexibility index (Phi) is 4.34. The summed E-state index contributed by atoms with van der Waals surface area (Å²) in [7, 11) is 0. The van der Waals surface area contributed by atoms with Crippen molar-refractivity contribution in [1.29, 1.82) is 0 Å². The maximum absolute atomic E-state index is 6.61. The third-order valence-corrected chi connectivity index (χ3v) is 7.08. The van der Waals surface area contributed by atoms with Gasteiger partial charge >= 0.3 is 0 Å². The predicted molar refractivity (Wildman–Crippen MR) is 136 cm³/mol. The standard InChI is InChI=1S/C28H23N7/c29-28(13-4-14-28)19-11-9-18(10-12-19)24-23(26-31-16-5-17-32-26)34-27-20-6-1-2-7-21(20)33-25-22(35(24)27)8-3-15-30-25/h1-3,5-12,15-17H,4,13-14,29H2,(H,30,33). The summed E-state index contributed by atoms with van der Waals surface area (Å²) in [5, 5.41) is 3.50. The SMILES string of the molecule is NC1(c2ccc(-c3c(-c4ncccn4)nc4n3-c3cccnc3Nc3ccccc3-4)cc2)CCC1. The van der Waals surface area contributed by atoms with Crippen molar-refractivity contribution in [3.63, 3.8) is 0 Å². The van der Waals surface area contributed by atoms with Gasteiger partial charge in [-0.1, -0.05) is 36.4 Å². The summed E-state index contributed by atoms with van der Waals surface area (Å²) < 4.78 is 2.17. The molecule has 35 heavy (non-hydrogen) atoms. The molecule has 5 aromatic rings. The predicted octanol–water partition coefficient (Wildman–Crippen LogP) is 5.45. The van der Waals surface area contributed by atoms with Crippen LogP contribution < -0.4 is 11.1 Å². The summed E-state index contributed by atoms with van der Waals surface area (Å²) in [6, 6.07) is 22.6. The van der Waals surface area contributed by atoms with E-state index in [9.17, 15) is 0 Å². The summed E-state index contributed by atoms with van der Waals surface area (Å²) in [5.41, 5.74) is 13.1. The monoisotopic (exact) mass is 457 g/mol. The summed E-state index contributed by atoms with van der Waals surface area (Å²) in [6.07, 6.45) is 8.53. The van der Waals surface area contributed by atoms with Crippen LogP contribution in [0.4, 0.5) is 11.5 Å². The average Bonchev–Trinajstić information content (AvgIpc) is 3.22. The first-order valence-electron chi connectivity index (χ1n) is 11.8. The molecule has 1 aliphatic carbocycles. The van der Waals surface area contributed by atoms with Gasteiger partial charge in [-0.05, 0) is 55.2 Å². The Morgan fingerprint density at radius 1 is 0.829 bits per heavy atom. The molecule has 2 aromatic carbocycles. The number of nitrogens with two attached hydrogens (primary N) is 1. The fourth-order valence-corrected chi connectivity index (χ4v) is 5.07. The molecule has 3 N–H and O–H groups in total. The van der Waals surface area contributed by atoms with Crippen molar-refractivity contribution in [2.75, 3.05) is 5.32 Å². The maximum Gasteiger partial charge on any atom is 0.180 e. The fourth-order valence-electron chi connectivity index (χ4n) is 5.07. The fraction of sp³-hybridized carbons (Fsp3) is 0.143. The Labute approximate surface area is 202 Å². The highest BCUT2D eigenvalue weighted by Crippen LogP contribution is 2.44. The van der Waals surface area contributed by atoms with Crippen LogP contribution in [0.25, 0.3) is 39.9 Å². The molecule has 0 bridgehead atoms. The molecule has 1 saturated carbocycles. The van der Waals surface area contributed by atoms with Crippen molar-refractivity contribution >= 4 is 11.5 Å². The molecule has 170 valence electrons. The second-order valence-electron chi connectivity index (χ2n) is 9.17. The number of para-hydroxylation sites is 1. The van der Waals surface area contributed by atoms with Crippen LogP contribution in [0.5, 0.6) is 0 Å². The van der Waals surface area contributed by atoms with Gasteiger partial charge in [-0.15, -0.1) is 0 Å². The van der Waals surface area contributed by atoms with E-state index in [1.165, 1.54) is 12.0 Å². The molecule has 7 heteroatoms. The number of aromatic nitrogens is 5. The third kappa shape index (κ3) is 3.09. The van der Waals surface area contributed by atoms with Gasteiger partial charge < -0.3 is 11.1 Å². The molecule has 4 heterocycles. The Morgan fingerprint density at radius 2 is 1.60 bits per heavy atom. The van der Waals surface area contributed by atoms with Gasteiger partial charge in [0.1, 0.15) is 11.5 Å². The molecule has 1 fully saturated rings. The van der Waals surface area contributed by atoms with Gasteiger partial charge in [0.25, 0.3) is 0 Å². The molecule has 0 unspecified atom stereocenters. The second kappa shape index (κ2) is 7.58. The lowest BCUT2D eigenvalue weighted by Crippen LogP contribution is -2.43. The number of fused-ring (bicyclic) bond motifs is 5. The number of pyridine rings is 1. The molecule has 0 radical (unpaired) electrons. The second-order valence-corrected chi connectivity index (χ2v) is 9.17.